The van der Waals surface area contributed by atoms with Crippen molar-refractivity contribution in [1.82, 2.24) is 4.98 Å². The van der Waals surface area contributed by atoms with Crippen LogP contribution in [0.1, 0.15) is 16.8 Å². The summed E-state index contributed by atoms with van der Waals surface area (Å²) < 4.78 is 5.43. The lowest BCUT2D eigenvalue weighted by Gasteiger charge is -2.09. The lowest BCUT2D eigenvalue weighted by Crippen LogP contribution is -1.91. The molecule has 3 heteroatoms. The Balaban J connectivity index is 2.41. The zero-order chi connectivity index (χ0) is 13.6. The quantitative estimate of drug-likeness (QED) is 0.712. The second kappa shape index (κ2) is 4.12. The summed E-state index contributed by atoms with van der Waals surface area (Å²) in [5, 5.41) is 0.902. The summed E-state index contributed by atoms with van der Waals surface area (Å²) in [7, 11) is 0. The highest BCUT2D eigenvalue weighted by Crippen LogP contribution is 2.35. The molecule has 0 unspecified atom stereocenters. The fraction of sp³-hybridized carbons (Fsp3) is 0.188. The standard InChI is InChI=1S/C16H16N2O/c1-9-4-5-10(2)12(6-9)13-7-11(3)18-16-15(13)14(17)8-19-16/h4-8H,17H2,1-3H3. The molecule has 1 aromatic carbocycles. The third-order valence-corrected chi connectivity index (χ3v) is 3.38. The SMILES string of the molecule is Cc1ccc(C)c(-c2cc(C)nc3occ(N)c23)c1. The molecular weight excluding hydrogens is 236 g/mol. The normalized spacial score (nSPS) is 11.1. The maximum atomic E-state index is 6.02. The van der Waals surface area contributed by atoms with E-state index in [-0.39, 0.29) is 0 Å². The van der Waals surface area contributed by atoms with Gasteiger partial charge in [0.05, 0.1) is 11.1 Å². The van der Waals surface area contributed by atoms with Crippen LogP contribution < -0.4 is 5.73 Å². The molecular formula is C16H16N2O. The first-order chi connectivity index (χ1) is 9.06. The molecule has 2 heterocycles. The number of nitrogens with zero attached hydrogens (tertiary/aromatic N) is 1. The van der Waals surface area contributed by atoms with Crippen molar-refractivity contribution in [2.75, 3.05) is 5.73 Å². The molecule has 0 spiro atoms. The van der Waals surface area contributed by atoms with E-state index >= 15 is 0 Å². The Kier molecular flexibility index (Phi) is 2.56. The Bertz CT molecular complexity index is 772. The molecule has 96 valence electrons. The van der Waals surface area contributed by atoms with E-state index in [0.717, 1.165) is 16.6 Å². The van der Waals surface area contributed by atoms with E-state index in [2.05, 4.69) is 43.1 Å². The number of furan rings is 1. The Morgan fingerprint density at radius 1 is 1.05 bits per heavy atom. The molecule has 0 fully saturated rings. The minimum Gasteiger partial charge on any atom is -0.444 e. The lowest BCUT2D eigenvalue weighted by molar-refractivity contribution is 0.603. The molecule has 2 aromatic heterocycles. The van der Waals surface area contributed by atoms with E-state index < -0.39 is 0 Å². The molecule has 0 amide bonds. The van der Waals surface area contributed by atoms with Gasteiger partial charge in [0, 0.05) is 5.69 Å². The van der Waals surface area contributed by atoms with E-state index in [1.807, 2.05) is 6.92 Å². The Hall–Kier alpha value is -2.29. The highest BCUT2D eigenvalue weighted by molar-refractivity contribution is 6.01. The van der Waals surface area contributed by atoms with E-state index in [0.29, 0.717) is 11.4 Å². The van der Waals surface area contributed by atoms with Crippen LogP contribution in [0.3, 0.4) is 0 Å². The van der Waals surface area contributed by atoms with E-state index in [1.54, 1.807) is 6.26 Å². The van der Waals surface area contributed by atoms with Gasteiger partial charge in [0.25, 0.3) is 0 Å². The summed E-state index contributed by atoms with van der Waals surface area (Å²) >= 11 is 0. The van der Waals surface area contributed by atoms with Crippen molar-refractivity contribution in [2.24, 2.45) is 0 Å². The number of anilines is 1. The topological polar surface area (TPSA) is 52.0 Å². The average molecular weight is 252 g/mol. The number of fused-ring (bicyclic) bond motifs is 1. The molecule has 3 aromatic rings. The van der Waals surface area contributed by atoms with Gasteiger partial charge >= 0.3 is 0 Å². The highest BCUT2D eigenvalue weighted by Gasteiger charge is 2.14. The van der Waals surface area contributed by atoms with Crippen molar-refractivity contribution in [1.29, 1.82) is 0 Å². The van der Waals surface area contributed by atoms with Crippen LogP contribution in [0.15, 0.2) is 34.9 Å². The van der Waals surface area contributed by atoms with Crippen molar-refractivity contribution in [3.63, 3.8) is 0 Å². The number of hydrogen-bond donors (Lipinski definition) is 1. The molecule has 2 N–H and O–H groups in total. The molecule has 0 aliphatic heterocycles. The fourth-order valence-corrected chi connectivity index (χ4v) is 2.43. The molecule has 0 atom stereocenters. The lowest BCUT2D eigenvalue weighted by atomic mass is 9.96. The smallest absolute Gasteiger partial charge is 0.228 e. The van der Waals surface area contributed by atoms with Crippen molar-refractivity contribution >= 4 is 16.8 Å². The second-order valence-corrected chi connectivity index (χ2v) is 5.00. The zero-order valence-corrected chi connectivity index (χ0v) is 11.3. The number of rotatable bonds is 1. The van der Waals surface area contributed by atoms with E-state index in [4.69, 9.17) is 10.2 Å². The Labute approximate surface area is 112 Å². The summed E-state index contributed by atoms with van der Waals surface area (Å²) in [4.78, 5) is 4.39. The number of nitrogens with two attached hydrogens (primary N) is 1. The molecule has 0 bridgehead atoms. The number of nitrogen functional groups attached to an aromatic ring is 1. The van der Waals surface area contributed by atoms with Crippen LogP contribution in [-0.2, 0) is 0 Å². The predicted molar refractivity (Wildman–Crippen MR) is 78.1 cm³/mol. The Morgan fingerprint density at radius 2 is 1.84 bits per heavy atom. The van der Waals surface area contributed by atoms with Crippen LogP contribution in [0.5, 0.6) is 0 Å². The van der Waals surface area contributed by atoms with Crippen LogP contribution in [0.2, 0.25) is 0 Å². The van der Waals surface area contributed by atoms with Crippen molar-refractivity contribution < 1.29 is 4.42 Å². The first-order valence-electron chi connectivity index (χ1n) is 6.28. The average Bonchev–Trinajstić information content (AvgIpc) is 2.73. The minimum absolute atomic E-state index is 0.605. The molecule has 0 aliphatic rings. The molecule has 3 rings (SSSR count). The van der Waals surface area contributed by atoms with Gasteiger partial charge in [0.1, 0.15) is 6.26 Å². The first kappa shape index (κ1) is 11.8. The van der Waals surface area contributed by atoms with Crippen LogP contribution in [0.25, 0.3) is 22.2 Å². The van der Waals surface area contributed by atoms with Crippen molar-refractivity contribution in [2.45, 2.75) is 20.8 Å². The number of aryl methyl sites for hydroxylation is 3. The molecule has 0 saturated heterocycles. The fourth-order valence-electron chi connectivity index (χ4n) is 2.43. The third-order valence-electron chi connectivity index (χ3n) is 3.38. The van der Waals surface area contributed by atoms with Crippen LogP contribution in [0, 0.1) is 20.8 Å². The number of hydrogen-bond acceptors (Lipinski definition) is 3. The van der Waals surface area contributed by atoms with Gasteiger partial charge in [0.15, 0.2) is 0 Å². The van der Waals surface area contributed by atoms with Crippen molar-refractivity contribution in [3.05, 3.63) is 47.3 Å². The third kappa shape index (κ3) is 1.87. The molecule has 19 heavy (non-hydrogen) atoms. The van der Waals surface area contributed by atoms with E-state index in [9.17, 15) is 0 Å². The van der Waals surface area contributed by atoms with Gasteiger partial charge < -0.3 is 10.2 Å². The number of benzene rings is 1. The molecule has 0 saturated carbocycles. The van der Waals surface area contributed by atoms with Gasteiger partial charge in [-0.3, -0.25) is 0 Å². The van der Waals surface area contributed by atoms with Gasteiger partial charge in [-0.2, -0.15) is 0 Å². The minimum atomic E-state index is 0.605. The first-order valence-corrected chi connectivity index (χ1v) is 6.28. The second-order valence-electron chi connectivity index (χ2n) is 5.00. The summed E-state index contributed by atoms with van der Waals surface area (Å²) in [5.41, 5.74) is 12.9. The summed E-state index contributed by atoms with van der Waals surface area (Å²) in [6, 6.07) is 8.48. The maximum Gasteiger partial charge on any atom is 0.228 e. The van der Waals surface area contributed by atoms with Gasteiger partial charge in [-0.1, -0.05) is 23.8 Å². The molecule has 3 nitrogen and oxygen atoms in total. The number of pyridine rings is 1. The van der Waals surface area contributed by atoms with Gasteiger partial charge in [0.2, 0.25) is 5.71 Å². The van der Waals surface area contributed by atoms with E-state index in [1.165, 1.54) is 16.7 Å². The predicted octanol–water partition coefficient (Wildman–Crippen LogP) is 4.00. The molecule has 0 radical (unpaired) electrons. The van der Waals surface area contributed by atoms with Gasteiger partial charge in [-0.15, -0.1) is 0 Å². The van der Waals surface area contributed by atoms with Crippen LogP contribution in [0.4, 0.5) is 5.69 Å². The van der Waals surface area contributed by atoms with Crippen molar-refractivity contribution in [3.8, 4) is 11.1 Å². The molecule has 0 aliphatic carbocycles. The van der Waals surface area contributed by atoms with Gasteiger partial charge in [-0.25, -0.2) is 4.98 Å². The summed E-state index contributed by atoms with van der Waals surface area (Å²) in [5.74, 6) is 0. The Morgan fingerprint density at radius 3 is 2.63 bits per heavy atom. The maximum absolute atomic E-state index is 6.02. The zero-order valence-electron chi connectivity index (χ0n) is 11.3. The van der Waals surface area contributed by atoms with Crippen LogP contribution >= 0.6 is 0 Å². The number of aromatic nitrogens is 1. The largest absolute Gasteiger partial charge is 0.444 e. The van der Waals surface area contributed by atoms with Gasteiger partial charge in [-0.05, 0) is 43.5 Å². The highest BCUT2D eigenvalue weighted by atomic mass is 16.3. The monoisotopic (exact) mass is 252 g/mol. The summed E-state index contributed by atoms with van der Waals surface area (Å²) in [6.07, 6.45) is 1.56. The summed E-state index contributed by atoms with van der Waals surface area (Å²) in [6.45, 7) is 6.16. The van der Waals surface area contributed by atoms with Crippen LogP contribution in [-0.4, -0.2) is 4.98 Å².